The van der Waals surface area contributed by atoms with Gasteiger partial charge in [-0.25, -0.2) is 0 Å². The number of para-hydroxylation sites is 1. The summed E-state index contributed by atoms with van der Waals surface area (Å²) in [6.45, 7) is 1.90. The van der Waals surface area contributed by atoms with Crippen molar-refractivity contribution >= 4 is 21.9 Å². The van der Waals surface area contributed by atoms with Crippen molar-refractivity contribution in [3.63, 3.8) is 0 Å². The summed E-state index contributed by atoms with van der Waals surface area (Å²) in [6, 6.07) is 15.7. The molecule has 2 N–H and O–H groups in total. The molecule has 0 fully saturated rings. The predicted octanol–water partition coefficient (Wildman–Crippen LogP) is 3.20. The molecule has 128 valence electrons. The molecule has 2 aromatic carbocycles. The number of ether oxygens (including phenoxy) is 2. The van der Waals surface area contributed by atoms with E-state index >= 15 is 0 Å². The quantitative estimate of drug-likeness (QED) is 0.432. The zero-order valence-corrected chi connectivity index (χ0v) is 15.5. The van der Waals surface area contributed by atoms with E-state index in [-0.39, 0.29) is 0 Å². The first-order valence-corrected chi connectivity index (χ1v) is 8.47. The van der Waals surface area contributed by atoms with Gasteiger partial charge in [0.2, 0.25) is 0 Å². The standard InChI is InChI=1S/C18H22BrN3O2/c1-20-18(21-10-11-24-15-6-4-3-5-7-15)22-13-14-8-9-17(23-2)16(19)12-14/h3-9,12H,10-11,13H2,1-2H3,(H2,20,21,22). The first kappa shape index (κ1) is 18.1. The van der Waals surface area contributed by atoms with Gasteiger partial charge in [-0.3, -0.25) is 4.99 Å². The highest BCUT2D eigenvalue weighted by Crippen LogP contribution is 2.25. The van der Waals surface area contributed by atoms with E-state index in [9.17, 15) is 0 Å². The lowest BCUT2D eigenvalue weighted by atomic mass is 10.2. The number of halogens is 1. The van der Waals surface area contributed by atoms with Crippen molar-refractivity contribution in [3.8, 4) is 11.5 Å². The summed E-state index contributed by atoms with van der Waals surface area (Å²) in [7, 11) is 3.40. The van der Waals surface area contributed by atoms with Gasteiger partial charge in [0.05, 0.1) is 18.1 Å². The highest BCUT2D eigenvalue weighted by molar-refractivity contribution is 9.10. The first-order valence-electron chi connectivity index (χ1n) is 7.67. The maximum Gasteiger partial charge on any atom is 0.191 e. The molecule has 0 aliphatic heterocycles. The average molecular weight is 392 g/mol. The summed E-state index contributed by atoms with van der Waals surface area (Å²) in [5, 5.41) is 6.50. The molecule has 0 spiro atoms. The maximum atomic E-state index is 5.64. The molecule has 2 aromatic rings. The topological polar surface area (TPSA) is 54.9 Å². The molecule has 5 nitrogen and oxygen atoms in total. The molecule has 2 rings (SSSR count). The van der Waals surface area contributed by atoms with Crippen LogP contribution < -0.4 is 20.1 Å². The highest BCUT2D eigenvalue weighted by atomic mass is 79.9. The predicted molar refractivity (Wildman–Crippen MR) is 101 cm³/mol. The van der Waals surface area contributed by atoms with Crippen LogP contribution in [0.2, 0.25) is 0 Å². The van der Waals surface area contributed by atoms with Crippen LogP contribution in [0.3, 0.4) is 0 Å². The minimum Gasteiger partial charge on any atom is -0.496 e. The summed E-state index contributed by atoms with van der Waals surface area (Å²) < 4.78 is 11.8. The largest absolute Gasteiger partial charge is 0.496 e. The van der Waals surface area contributed by atoms with Crippen molar-refractivity contribution in [3.05, 3.63) is 58.6 Å². The Balaban J connectivity index is 1.73. The summed E-state index contributed by atoms with van der Waals surface area (Å²) in [5.74, 6) is 2.42. The van der Waals surface area contributed by atoms with Crippen LogP contribution >= 0.6 is 15.9 Å². The number of nitrogens with one attached hydrogen (secondary N) is 2. The van der Waals surface area contributed by atoms with Crippen LogP contribution in [-0.4, -0.2) is 33.3 Å². The van der Waals surface area contributed by atoms with Crippen molar-refractivity contribution in [2.45, 2.75) is 6.54 Å². The summed E-state index contributed by atoms with van der Waals surface area (Å²) >= 11 is 3.49. The number of hydrogen-bond donors (Lipinski definition) is 2. The van der Waals surface area contributed by atoms with Crippen LogP contribution in [0.25, 0.3) is 0 Å². The normalized spacial score (nSPS) is 11.0. The summed E-state index contributed by atoms with van der Waals surface area (Å²) in [4.78, 5) is 4.21. The molecule has 24 heavy (non-hydrogen) atoms. The van der Waals surface area contributed by atoms with Gasteiger partial charge < -0.3 is 20.1 Å². The molecule has 0 saturated carbocycles. The van der Waals surface area contributed by atoms with Crippen LogP contribution in [0.15, 0.2) is 58.0 Å². The van der Waals surface area contributed by atoms with Crippen LogP contribution in [0.5, 0.6) is 11.5 Å². The van der Waals surface area contributed by atoms with Crippen molar-refractivity contribution in [2.75, 3.05) is 27.3 Å². The van der Waals surface area contributed by atoms with E-state index in [4.69, 9.17) is 9.47 Å². The first-order chi connectivity index (χ1) is 11.7. The van der Waals surface area contributed by atoms with Gasteiger partial charge in [0.25, 0.3) is 0 Å². The Morgan fingerprint density at radius 3 is 2.58 bits per heavy atom. The third-order valence-electron chi connectivity index (χ3n) is 3.31. The second kappa shape index (κ2) is 9.82. The summed E-state index contributed by atoms with van der Waals surface area (Å²) in [6.07, 6.45) is 0. The number of benzene rings is 2. The Morgan fingerprint density at radius 2 is 1.92 bits per heavy atom. The number of rotatable bonds is 7. The average Bonchev–Trinajstić information content (AvgIpc) is 2.62. The van der Waals surface area contributed by atoms with Crippen molar-refractivity contribution < 1.29 is 9.47 Å². The van der Waals surface area contributed by atoms with Crippen molar-refractivity contribution in [1.82, 2.24) is 10.6 Å². The number of nitrogens with zero attached hydrogens (tertiary/aromatic N) is 1. The molecule has 0 atom stereocenters. The second-order valence-electron chi connectivity index (χ2n) is 4.98. The van der Waals surface area contributed by atoms with E-state index in [0.29, 0.717) is 19.7 Å². The van der Waals surface area contributed by atoms with E-state index in [1.807, 2.05) is 48.5 Å². The zero-order chi connectivity index (χ0) is 17.2. The smallest absolute Gasteiger partial charge is 0.191 e. The fourth-order valence-corrected chi connectivity index (χ4v) is 2.67. The Kier molecular flexibility index (Phi) is 7.42. The maximum absolute atomic E-state index is 5.64. The van der Waals surface area contributed by atoms with Gasteiger partial charge in [0.1, 0.15) is 18.1 Å². The molecule has 0 aliphatic carbocycles. The lowest BCUT2D eigenvalue weighted by Crippen LogP contribution is -2.38. The van der Waals surface area contributed by atoms with Gasteiger partial charge in [-0.2, -0.15) is 0 Å². The monoisotopic (exact) mass is 391 g/mol. The third kappa shape index (κ3) is 5.77. The molecule has 0 bridgehead atoms. The Morgan fingerprint density at radius 1 is 1.12 bits per heavy atom. The minimum atomic E-state index is 0.568. The fraction of sp³-hybridized carbons (Fsp3) is 0.278. The zero-order valence-electron chi connectivity index (χ0n) is 13.9. The number of methoxy groups -OCH3 is 1. The van der Waals surface area contributed by atoms with Crippen molar-refractivity contribution in [1.29, 1.82) is 0 Å². The Labute approximate surface area is 151 Å². The molecular formula is C18H22BrN3O2. The minimum absolute atomic E-state index is 0.568. The Bertz CT molecular complexity index is 663. The molecular weight excluding hydrogens is 370 g/mol. The van der Waals surface area contributed by atoms with E-state index < -0.39 is 0 Å². The molecule has 0 aromatic heterocycles. The number of hydrogen-bond acceptors (Lipinski definition) is 3. The van der Waals surface area contributed by atoms with E-state index in [2.05, 4.69) is 31.6 Å². The van der Waals surface area contributed by atoms with Gasteiger partial charge in [-0.1, -0.05) is 24.3 Å². The van der Waals surface area contributed by atoms with Crippen LogP contribution in [0.1, 0.15) is 5.56 Å². The SMILES string of the molecule is CN=C(NCCOc1ccccc1)NCc1ccc(OC)c(Br)c1. The van der Waals surface area contributed by atoms with Gasteiger partial charge >= 0.3 is 0 Å². The molecule has 6 heteroatoms. The third-order valence-corrected chi connectivity index (χ3v) is 3.93. The highest BCUT2D eigenvalue weighted by Gasteiger charge is 2.03. The van der Waals surface area contributed by atoms with Gasteiger partial charge in [-0.05, 0) is 45.8 Å². The van der Waals surface area contributed by atoms with E-state index in [1.165, 1.54) is 0 Å². The molecule has 0 amide bonds. The van der Waals surface area contributed by atoms with Crippen LogP contribution in [0, 0.1) is 0 Å². The molecule has 0 unspecified atom stereocenters. The fourth-order valence-electron chi connectivity index (χ4n) is 2.08. The molecule has 0 saturated heterocycles. The number of guanidine groups is 1. The molecule has 0 radical (unpaired) electrons. The Hall–Kier alpha value is -2.21. The second-order valence-corrected chi connectivity index (χ2v) is 5.84. The van der Waals surface area contributed by atoms with Gasteiger partial charge in [-0.15, -0.1) is 0 Å². The van der Waals surface area contributed by atoms with Crippen molar-refractivity contribution in [2.24, 2.45) is 4.99 Å². The molecule has 0 aliphatic rings. The van der Waals surface area contributed by atoms with E-state index in [1.54, 1.807) is 14.2 Å². The van der Waals surface area contributed by atoms with Crippen LogP contribution in [0.4, 0.5) is 0 Å². The van der Waals surface area contributed by atoms with Gasteiger partial charge in [0, 0.05) is 13.6 Å². The lowest BCUT2D eigenvalue weighted by Gasteiger charge is -2.13. The van der Waals surface area contributed by atoms with Crippen LogP contribution in [-0.2, 0) is 6.54 Å². The number of aliphatic imine (C=N–C) groups is 1. The van der Waals surface area contributed by atoms with E-state index in [0.717, 1.165) is 27.5 Å². The lowest BCUT2D eigenvalue weighted by molar-refractivity contribution is 0.322. The molecule has 0 heterocycles. The van der Waals surface area contributed by atoms with Gasteiger partial charge in [0.15, 0.2) is 5.96 Å². The summed E-state index contributed by atoms with van der Waals surface area (Å²) in [5.41, 5.74) is 1.13.